The van der Waals surface area contributed by atoms with Crippen molar-refractivity contribution in [1.29, 1.82) is 0 Å². The van der Waals surface area contributed by atoms with Crippen LogP contribution in [0.5, 0.6) is 0 Å². The smallest absolute Gasteiger partial charge is 0.300 e. The lowest BCUT2D eigenvalue weighted by Gasteiger charge is -2.25. The Balaban J connectivity index is 2.18. The van der Waals surface area contributed by atoms with Crippen molar-refractivity contribution in [3.05, 3.63) is 64.7 Å². The van der Waals surface area contributed by atoms with E-state index in [0.29, 0.717) is 21.7 Å². The van der Waals surface area contributed by atoms with Gasteiger partial charge in [0.05, 0.1) is 16.4 Å². The molecule has 2 aromatic carbocycles. The summed E-state index contributed by atoms with van der Waals surface area (Å²) in [5.74, 6) is -0.743. The van der Waals surface area contributed by atoms with E-state index in [1.165, 1.54) is 6.07 Å². The van der Waals surface area contributed by atoms with Crippen LogP contribution in [-0.2, 0) is 4.79 Å². The molecule has 24 heavy (non-hydrogen) atoms. The second-order valence-corrected chi connectivity index (χ2v) is 5.67. The third-order valence-corrected chi connectivity index (χ3v) is 3.87. The van der Waals surface area contributed by atoms with Crippen molar-refractivity contribution in [2.75, 3.05) is 18.0 Å². The predicted octanol–water partition coefficient (Wildman–Crippen LogP) is 4.09. The Kier molecular flexibility index (Phi) is 4.32. The minimum absolute atomic E-state index is 0.0431. The van der Waals surface area contributed by atoms with Crippen LogP contribution < -0.4 is 4.90 Å². The van der Waals surface area contributed by atoms with Gasteiger partial charge in [-0.05, 0) is 6.07 Å². The number of rotatable bonds is 2. The highest BCUT2D eigenvalue weighted by molar-refractivity contribution is 6.36. The van der Waals surface area contributed by atoms with E-state index in [4.69, 9.17) is 11.6 Å². The number of anilines is 1. The van der Waals surface area contributed by atoms with E-state index in [0.717, 1.165) is 0 Å². The first kappa shape index (κ1) is 16.5. The Bertz CT molecular complexity index is 803. The second-order valence-electron chi connectivity index (χ2n) is 5.26. The van der Waals surface area contributed by atoms with Crippen LogP contribution in [0, 0.1) is 0 Å². The molecule has 0 unspecified atom stereocenters. The van der Waals surface area contributed by atoms with Gasteiger partial charge in [0, 0.05) is 11.1 Å². The van der Waals surface area contributed by atoms with Crippen LogP contribution in [0.1, 0.15) is 11.1 Å². The second kappa shape index (κ2) is 6.28. The zero-order valence-electron chi connectivity index (χ0n) is 12.3. The zero-order chi connectivity index (χ0) is 17.3. The number of benzodiazepines with no additional fused rings is 1. The Labute approximate surface area is 141 Å². The first-order valence-corrected chi connectivity index (χ1v) is 7.50. The number of benzene rings is 2. The molecule has 0 saturated carbocycles. The number of alkyl halides is 3. The van der Waals surface area contributed by atoms with Gasteiger partial charge in [-0.2, -0.15) is 13.2 Å². The summed E-state index contributed by atoms with van der Waals surface area (Å²) in [7, 11) is 0. The SMILES string of the molecule is O=C1CN=C(c2ccccc2)c2cccc(Cl)c2N1CC(F)(F)F. The fourth-order valence-electron chi connectivity index (χ4n) is 2.61. The van der Waals surface area contributed by atoms with Gasteiger partial charge in [0.15, 0.2) is 0 Å². The maximum atomic E-state index is 12.9. The van der Waals surface area contributed by atoms with E-state index >= 15 is 0 Å². The summed E-state index contributed by atoms with van der Waals surface area (Å²) in [6.45, 7) is -1.77. The third-order valence-electron chi connectivity index (χ3n) is 3.57. The van der Waals surface area contributed by atoms with Crippen LogP contribution in [0.25, 0.3) is 0 Å². The molecule has 0 saturated heterocycles. The van der Waals surface area contributed by atoms with Crippen LogP contribution in [0.4, 0.5) is 18.9 Å². The van der Waals surface area contributed by atoms with Gasteiger partial charge in [0.2, 0.25) is 5.91 Å². The monoisotopic (exact) mass is 352 g/mol. The van der Waals surface area contributed by atoms with Gasteiger partial charge in [-0.1, -0.05) is 54.1 Å². The summed E-state index contributed by atoms with van der Waals surface area (Å²) >= 11 is 6.14. The number of aliphatic imine (C=N–C) groups is 1. The molecule has 0 aromatic heterocycles. The van der Waals surface area contributed by atoms with Gasteiger partial charge < -0.3 is 0 Å². The molecule has 0 aliphatic carbocycles. The Morgan fingerprint density at radius 2 is 1.79 bits per heavy atom. The van der Waals surface area contributed by atoms with E-state index in [1.807, 2.05) is 6.07 Å². The number of para-hydroxylation sites is 1. The molecule has 124 valence electrons. The largest absolute Gasteiger partial charge is 0.406 e. The number of carbonyl (C=O) groups is 1. The molecule has 0 radical (unpaired) electrons. The fraction of sp³-hybridized carbons (Fsp3) is 0.176. The fourth-order valence-corrected chi connectivity index (χ4v) is 2.89. The summed E-state index contributed by atoms with van der Waals surface area (Å²) in [4.78, 5) is 17.1. The minimum atomic E-state index is -4.54. The van der Waals surface area contributed by atoms with Crippen LogP contribution in [-0.4, -0.2) is 30.9 Å². The lowest BCUT2D eigenvalue weighted by molar-refractivity contribution is -0.131. The van der Waals surface area contributed by atoms with E-state index in [-0.39, 0.29) is 17.3 Å². The van der Waals surface area contributed by atoms with Gasteiger partial charge in [-0.15, -0.1) is 0 Å². The van der Waals surface area contributed by atoms with Crippen molar-refractivity contribution in [3.63, 3.8) is 0 Å². The van der Waals surface area contributed by atoms with Crippen molar-refractivity contribution < 1.29 is 18.0 Å². The Morgan fingerprint density at radius 1 is 1.08 bits per heavy atom. The molecular formula is C17H12ClF3N2O. The highest BCUT2D eigenvalue weighted by Crippen LogP contribution is 2.35. The Hall–Kier alpha value is -2.34. The molecule has 7 heteroatoms. The number of fused-ring (bicyclic) bond motifs is 1. The standard InChI is InChI=1S/C17H12ClF3N2O/c18-13-8-4-7-12-15(11-5-2-1-3-6-11)22-9-14(24)23(16(12)13)10-17(19,20)21/h1-8H,9-10H2. The van der Waals surface area contributed by atoms with E-state index < -0.39 is 18.6 Å². The van der Waals surface area contributed by atoms with Crippen molar-refractivity contribution >= 4 is 28.9 Å². The first-order chi connectivity index (χ1) is 11.4. The highest BCUT2D eigenvalue weighted by atomic mass is 35.5. The predicted molar refractivity (Wildman–Crippen MR) is 86.8 cm³/mol. The normalized spacial score (nSPS) is 14.9. The summed E-state index contributed by atoms with van der Waals surface area (Å²) < 4.78 is 38.8. The number of nitrogens with zero attached hydrogens (tertiary/aromatic N) is 2. The summed E-state index contributed by atoms with van der Waals surface area (Å²) in [5, 5.41) is 0.0793. The molecule has 1 aliphatic heterocycles. The minimum Gasteiger partial charge on any atom is -0.300 e. The Morgan fingerprint density at radius 3 is 2.46 bits per heavy atom. The molecule has 1 heterocycles. The van der Waals surface area contributed by atoms with Gasteiger partial charge in [0.25, 0.3) is 0 Å². The van der Waals surface area contributed by atoms with Crippen molar-refractivity contribution in [3.8, 4) is 0 Å². The average Bonchev–Trinajstić information content (AvgIpc) is 2.66. The molecule has 0 N–H and O–H groups in total. The molecule has 2 aromatic rings. The molecule has 3 nitrogen and oxygen atoms in total. The van der Waals surface area contributed by atoms with Crippen molar-refractivity contribution in [2.45, 2.75) is 6.18 Å². The van der Waals surface area contributed by atoms with Gasteiger partial charge >= 0.3 is 6.18 Å². The molecular weight excluding hydrogens is 341 g/mol. The van der Waals surface area contributed by atoms with E-state index in [1.54, 1.807) is 36.4 Å². The number of carbonyl (C=O) groups excluding carboxylic acids is 1. The van der Waals surface area contributed by atoms with Crippen LogP contribution >= 0.6 is 11.6 Å². The molecule has 3 rings (SSSR count). The summed E-state index contributed by atoms with van der Waals surface area (Å²) in [5.41, 5.74) is 1.61. The summed E-state index contributed by atoms with van der Waals surface area (Å²) in [6, 6.07) is 13.7. The molecule has 1 aliphatic rings. The zero-order valence-corrected chi connectivity index (χ0v) is 13.1. The number of amides is 1. The van der Waals surface area contributed by atoms with Gasteiger partial charge in [-0.3, -0.25) is 14.7 Å². The van der Waals surface area contributed by atoms with Gasteiger partial charge in [0.1, 0.15) is 13.1 Å². The van der Waals surface area contributed by atoms with Crippen LogP contribution in [0.2, 0.25) is 5.02 Å². The molecule has 0 bridgehead atoms. The maximum Gasteiger partial charge on any atom is 0.406 e. The maximum absolute atomic E-state index is 12.9. The molecule has 1 amide bonds. The van der Waals surface area contributed by atoms with Gasteiger partial charge in [-0.25, -0.2) is 0 Å². The van der Waals surface area contributed by atoms with Crippen molar-refractivity contribution in [2.24, 2.45) is 4.99 Å². The summed E-state index contributed by atoms with van der Waals surface area (Å²) in [6.07, 6.45) is -4.54. The third kappa shape index (κ3) is 3.28. The number of hydrogen-bond acceptors (Lipinski definition) is 2. The quantitative estimate of drug-likeness (QED) is 0.801. The van der Waals surface area contributed by atoms with Crippen LogP contribution in [0.3, 0.4) is 0 Å². The highest BCUT2D eigenvalue weighted by Gasteiger charge is 2.37. The molecule has 0 atom stereocenters. The van der Waals surface area contributed by atoms with Crippen LogP contribution in [0.15, 0.2) is 53.5 Å². The van der Waals surface area contributed by atoms with E-state index in [2.05, 4.69) is 4.99 Å². The topological polar surface area (TPSA) is 32.7 Å². The molecule has 0 fully saturated rings. The van der Waals surface area contributed by atoms with E-state index in [9.17, 15) is 18.0 Å². The molecule has 0 spiro atoms. The lowest BCUT2D eigenvalue weighted by atomic mass is 10.00. The number of hydrogen-bond donors (Lipinski definition) is 0. The van der Waals surface area contributed by atoms with Crippen molar-refractivity contribution in [1.82, 2.24) is 0 Å². The first-order valence-electron chi connectivity index (χ1n) is 7.13. The number of halogens is 4. The lowest BCUT2D eigenvalue weighted by Crippen LogP contribution is -2.40. The average molecular weight is 353 g/mol.